The van der Waals surface area contributed by atoms with Crippen LogP contribution in [-0.4, -0.2) is 24.3 Å². The summed E-state index contributed by atoms with van der Waals surface area (Å²) in [5.74, 6) is 0.618. The molecule has 0 aliphatic heterocycles. The van der Waals surface area contributed by atoms with Crippen LogP contribution < -0.4 is 10.1 Å². The fourth-order valence-corrected chi connectivity index (χ4v) is 1.59. The highest BCUT2D eigenvalue weighted by atomic mass is 16.5. The number of hydrogen-bond acceptors (Lipinski definition) is 3. The van der Waals surface area contributed by atoms with E-state index in [0.717, 1.165) is 12.8 Å². The highest BCUT2D eigenvalue weighted by Crippen LogP contribution is 2.18. The second-order valence-corrected chi connectivity index (χ2v) is 4.43. The number of hydrogen-bond donors (Lipinski definition) is 1. The van der Waals surface area contributed by atoms with Crippen LogP contribution in [0.5, 0.6) is 5.75 Å². The van der Waals surface area contributed by atoms with E-state index in [2.05, 4.69) is 5.32 Å². The Kier molecular flexibility index (Phi) is 3.97. The van der Waals surface area contributed by atoms with E-state index in [1.54, 1.807) is 24.3 Å². The van der Waals surface area contributed by atoms with Gasteiger partial charge in [-0.15, -0.1) is 0 Å². The van der Waals surface area contributed by atoms with Crippen LogP contribution in [0.2, 0.25) is 0 Å². The van der Waals surface area contributed by atoms with Crippen LogP contribution >= 0.6 is 0 Å². The third-order valence-electron chi connectivity index (χ3n) is 2.81. The molecule has 0 aromatic heterocycles. The minimum Gasteiger partial charge on any atom is -0.484 e. The molecule has 1 amide bonds. The quantitative estimate of drug-likeness (QED) is 0.781. The number of Topliss-reactive ketones (excluding diaryl/α,β-unsaturated/α-hetero) is 1. The van der Waals surface area contributed by atoms with E-state index in [0.29, 0.717) is 23.8 Å². The van der Waals surface area contributed by atoms with Gasteiger partial charge in [0.1, 0.15) is 5.75 Å². The third-order valence-corrected chi connectivity index (χ3v) is 2.81. The molecule has 4 heteroatoms. The number of ketones is 1. The first-order valence-corrected chi connectivity index (χ1v) is 6.24. The topological polar surface area (TPSA) is 55.4 Å². The monoisotopic (exact) mass is 247 g/mol. The molecular formula is C14H17NO3. The van der Waals surface area contributed by atoms with Gasteiger partial charge < -0.3 is 10.1 Å². The SMILES string of the molecule is CCC(=O)c1ccc(OCC(=O)NC2CC2)cc1. The molecule has 1 aliphatic carbocycles. The van der Waals surface area contributed by atoms with Crippen molar-refractivity contribution in [2.24, 2.45) is 0 Å². The minimum atomic E-state index is -0.0915. The molecule has 1 aromatic carbocycles. The van der Waals surface area contributed by atoms with Crippen LogP contribution in [0, 0.1) is 0 Å². The molecule has 1 fully saturated rings. The second kappa shape index (κ2) is 5.67. The van der Waals surface area contributed by atoms with E-state index >= 15 is 0 Å². The van der Waals surface area contributed by atoms with Crippen LogP contribution in [0.15, 0.2) is 24.3 Å². The molecule has 0 radical (unpaired) electrons. The van der Waals surface area contributed by atoms with E-state index < -0.39 is 0 Å². The van der Waals surface area contributed by atoms with Gasteiger partial charge in [-0.25, -0.2) is 0 Å². The first kappa shape index (κ1) is 12.6. The van der Waals surface area contributed by atoms with Crippen molar-refractivity contribution in [3.05, 3.63) is 29.8 Å². The van der Waals surface area contributed by atoms with Gasteiger partial charge in [-0.1, -0.05) is 6.92 Å². The Hall–Kier alpha value is -1.84. The molecule has 96 valence electrons. The predicted octanol–water partition coefficient (Wildman–Crippen LogP) is 1.94. The van der Waals surface area contributed by atoms with Gasteiger partial charge in [0.15, 0.2) is 12.4 Å². The minimum absolute atomic E-state index is 0.0254. The molecule has 1 aliphatic rings. The summed E-state index contributed by atoms with van der Waals surface area (Å²) < 4.78 is 5.34. The first-order chi connectivity index (χ1) is 8.69. The lowest BCUT2D eigenvalue weighted by molar-refractivity contribution is -0.123. The van der Waals surface area contributed by atoms with Crippen LogP contribution in [0.4, 0.5) is 0 Å². The van der Waals surface area contributed by atoms with E-state index in [1.807, 2.05) is 6.92 Å². The molecule has 2 rings (SSSR count). The molecule has 1 saturated carbocycles. The molecule has 18 heavy (non-hydrogen) atoms. The van der Waals surface area contributed by atoms with Crippen molar-refractivity contribution < 1.29 is 14.3 Å². The lowest BCUT2D eigenvalue weighted by Gasteiger charge is -2.07. The zero-order valence-corrected chi connectivity index (χ0v) is 10.4. The predicted molar refractivity (Wildman–Crippen MR) is 67.7 cm³/mol. The van der Waals surface area contributed by atoms with Crippen LogP contribution in [0.25, 0.3) is 0 Å². The summed E-state index contributed by atoms with van der Waals surface area (Å²) in [5.41, 5.74) is 0.673. The number of nitrogens with one attached hydrogen (secondary N) is 1. The molecule has 1 N–H and O–H groups in total. The van der Waals surface area contributed by atoms with E-state index in [1.165, 1.54) is 0 Å². The fraction of sp³-hybridized carbons (Fsp3) is 0.429. The van der Waals surface area contributed by atoms with Crippen molar-refractivity contribution in [2.75, 3.05) is 6.61 Å². The summed E-state index contributed by atoms with van der Waals surface area (Å²) in [6, 6.07) is 7.23. The van der Waals surface area contributed by atoms with Crippen LogP contribution in [0.1, 0.15) is 36.5 Å². The lowest BCUT2D eigenvalue weighted by atomic mass is 10.1. The zero-order chi connectivity index (χ0) is 13.0. The molecular weight excluding hydrogens is 230 g/mol. The van der Waals surface area contributed by atoms with Crippen molar-refractivity contribution in [1.82, 2.24) is 5.32 Å². The maximum Gasteiger partial charge on any atom is 0.258 e. The molecule has 0 bridgehead atoms. The maximum absolute atomic E-state index is 11.4. The first-order valence-electron chi connectivity index (χ1n) is 6.24. The Morgan fingerprint density at radius 2 is 1.94 bits per heavy atom. The normalized spacial score (nSPS) is 14.1. The van der Waals surface area contributed by atoms with Gasteiger partial charge in [0.25, 0.3) is 5.91 Å². The molecule has 0 unspecified atom stereocenters. The Morgan fingerprint density at radius 1 is 1.28 bits per heavy atom. The molecule has 0 heterocycles. The maximum atomic E-state index is 11.4. The van der Waals surface area contributed by atoms with Crippen LogP contribution in [0.3, 0.4) is 0 Å². The van der Waals surface area contributed by atoms with E-state index in [9.17, 15) is 9.59 Å². The third kappa shape index (κ3) is 3.58. The number of carbonyl (C=O) groups excluding carboxylic acids is 2. The Bertz CT molecular complexity index is 435. The van der Waals surface area contributed by atoms with Crippen LogP contribution in [-0.2, 0) is 4.79 Å². The number of ether oxygens (including phenoxy) is 1. The molecule has 1 aromatic rings. The van der Waals surface area contributed by atoms with Gasteiger partial charge in [0, 0.05) is 18.0 Å². The summed E-state index contributed by atoms with van der Waals surface area (Å²) in [7, 11) is 0. The highest BCUT2D eigenvalue weighted by molar-refractivity contribution is 5.95. The Labute approximate surface area is 106 Å². The summed E-state index contributed by atoms with van der Waals surface area (Å²) in [5, 5.41) is 2.84. The molecule has 0 saturated heterocycles. The largest absolute Gasteiger partial charge is 0.484 e. The summed E-state index contributed by atoms with van der Waals surface area (Å²) in [4.78, 5) is 22.8. The van der Waals surface area contributed by atoms with Crippen molar-refractivity contribution in [3.63, 3.8) is 0 Å². The average Bonchev–Trinajstić information content (AvgIpc) is 3.20. The Balaban J connectivity index is 1.81. The number of benzene rings is 1. The van der Waals surface area contributed by atoms with Gasteiger partial charge in [-0.05, 0) is 37.1 Å². The van der Waals surface area contributed by atoms with Gasteiger partial charge in [0.05, 0.1) is 0 Å². The van der Waals surface area contributed by atoms with E-state index in [4.69, 9.17) is 4.74 Å². The average molecular weight is 247 g/mol. The smallest absolute Gasteiger partial charge is 0.258 e. The molecule has 0 atom stereocenters. The van der Waals surface area contributed by atoms with Crippen molar-refractivity contribution in [3.8, 4) is 5.75 Å². The van der Waals surface area contributed by atoms with E-state index in [-0.39, 0.29) is 18.3 Å². The van der Waals surface area contributed by atoms with Crippen molar-refractivity contribution >= 4 is 11.7 Å². The zero-order valence-electron chi connectivity index (χ0n) is 10.4. The summed E-state index contributed by atoms with van der Waals surface area (Å²) in [6.45, 7) is 1.85. The van der Waals surface area contributed by atoms with Gasteiger partial charge in [-0.3, -0.25) is 9.59 Å². The standard InChI is InChI=1S/C14H17NO3/c1-2-13(16)10-3-7-12(8-4-10)18-9-14(17)15-11-5-6-11/h3-4,7-8,11H,2,5-6,9H2,1H3,(H,15,17). The van der Waals surface area contributed by atoms with Crippen molar-refractivity contribution in [2.45, 2.75) is 32.2 Å². The molecule has 0 spiro atoms. The number of carbonyl (C=O) groups is 2. The number of amides is 1. The summed E-state index contributed by atoms with van der Waals surface area (Å²) in [6.07, 6.45) is 2.63. The van der Waals surface area contributed by atoms with Gasteiger partial charge >= 0.3 is 0 Å². The van der Waals surface area contributed by atoms with Gasteiger partial charge in [-0.2, -0.15) is 0 Å². The summed E-state index contributed by atoms with van der Waals surface area (Å²) >= 11 is 0. The lowest BCUT2D eigenvalue weighted by Crippen LogP contribution is -2.30. The number of rotatable bonds is 6. The molecule has 4 nitrogen and oxygen atoms in total. The second-order valence-electron chi connectivity index (χ2n) is 4.43. The van der Waals surface area contributed by atoms with Gasteiger partial charge in [0.2, 0.25) is 0 Å². The van der Waals surface area contributed by atoms with Crippen molar-refractivity contribution in [1.29, 1.82) is 0 Å². The fourth-order valence-electron chi connectivity index (χ4n) is 1.59. The highest BCUT2D eigenvalue weighted by Gasteiger charge is 2.23. The Morgan fingerprint density at radius 3 is 2.50 bits per heavy atom.